The van der Waals surface area contributed by atoms with Crippen molar-refractivity contribution in [1.29, 1.82) is 0 Å². The van der Waals surface area contributed by atoms with Crippen molar-refractivity contribution in [3.05, 3.63) is 18.0 Å². The van der Waals surface area contributed by atoms with Crippen LogP contribution in [0.1, 0.15) is 44.6 Å². The van der Waals surface area contributed by atoms with E-state index in [0.29, 0.717) is 6.54 Å². The normalized spacial score (nSPS) is 13.5. The molecule has 20 heavy (non-hydrogen) atoms. The van der Waals surface area contributed by atoms with Gasteiger partial charge in [0.15, 0.2) is 0 Å². The first kappa shape index (κ1) is 16.7. The lowest BCUT2D eigenvalue weighted by atomic mass is 10.1. The van der Waals surface area contributed by atoms with Crippen molar-refractivity contribution < 1.29 is 17.9 Å². The summed E-state index contributed by atoms with van der Waals surface area (Å²) in [4.78, 5) is 12.0. The third kappa shape index (κ3) is 4.08. The Hall–Kier alpha value is -1.34. The van der Waals surface area contributed by atoms with Gasteiger partial charge in [0.05, 0.1) is 0 Å². The minimum absolute atomic E-state index is 0.0740. The van der Waals surface area contributed by atoms with Crippen LogP contribution in [0.3, 0.4) is 0 Å². The fraction of sp³-hybridized carbons (Fsp3) is 0.615. The van der Waals surface area contributed by atoms with Gasteiger partial charge in [0, 0.05) is 12.7 Å². The first-order valence-electron chi connectivity index (χ1n) is 6.60. The van der Waals surface area contributed by atoms with Gasteiger partial charge < -0.3 is 9.30 Å². The number of carbonyl (C=O) groups is 1. The Morgan fingerprint density at radius 2 is 2.00 bits per heavy atom. The highest BCUT2D eigenvalue weighted by Gasteiger charge is 2.22. The van der Waals surface area contributed by atoms with Crippen molar-refractivity contribution in [2.45, 2.75) is 51.7 Å². The van der Waals surface area contributed by atoms with Crippen LogP contribution in [0.5, 0.6) is 0 Å². The van der Waals surface area contributed by atoms with Crippen LogP contribution in [0, 0.1) is 5.92 Å². The number of rotatable bonds is 6. The number of hydrogen-bond acceptors (Lipinski definition) is 4. The highest BCUT2D eigenvalue weighted by molar-refractivity contribution is 7.89. The number of ether oxygens (including phenoxy) is 1. The minimum Gasteiger partial charge on any atom is -0.458 e. The molecule has 6 nitrogen and oxygen atoms in total. The molecular weight excluding hydrogens is 280 g/mol. The first-order valence-corrected chi connectivity index (χ1v) is 8.15. The second-order valence-corrected chi connectivity index (χ2v) is 6.72. The summed E-state index contributed by atoms with van der Waals surface area (Å²) in [5.41, 5.74) is 0.211. The molecule has 1 unspecified atom stereocenters. The summed E-state index contributed by atoms with van der Waals surface area (Å²) < 4.78 is 29.6. The third-order valence-corrected chi connectivity index (χ3v) is 3.99. The van der Waals surface area contributed by atoms with Gasteiger partial charge in [-0.1, -0.05) is 20.8 Å². The number of primary sulfonamides is 1. The van der Waals surface area contributed by atoms with Gasteiger partial charge in [0.25, 0.3) is 0 Å². The van der Waals surface area contributed by atoms with E-state index in [2.05, 4.69) is 0 Å². The third-order valence-electron chi connectivity index (χ3n) is 3.11. The number of nitrogens with two attached hydrogens (primary N) is 1. The second kappa shape index (κ2) is 6.41. The Morgan fingerprint density at radius 1 is 1.40 bits per heavy atom. The van der Waals surface area contributed by atoms with Crippen molar-refractivity contribution in [3.8, 4) is 0 Å². The van der Waals surface area contributed by atoms with Crippen molar-refractivity contribution in [2.24, 2.45) is 11.1 Å². The Bertz CT molecular complexity index is 575. The lowest BCUT2D eigenvalue weighted by Gasteiger charge is -2.17. The molecular formula is C13H22N2O4S. The summed E-state index contributed by atoms with van der Waals surface area (Å²) in [5, 5.41) is 5.09. The molecule has 0 radical (unpaired) electrons. The summed E-state index contributed by atoms with van der Waals surface area (Å²) in [6, 6.07) is 1.26. The van der Waals surface area contributed by atoms with E-state index >= 15 is 0 Å². The predicted octanol–water partition coefficient (Wildman–Crippen LogP) is 1.75. The zero-order valence-electron chi connectivity index (χ0n) is 12.3. The van der Waals surface area contributed by atoms with Crippen molar-refractivity contribution in [3.63, 3.8) is 0 Å². The maximum atomic E-state index is 12.1. The number of carbonyl (C=O) groups excluding carboxylic acids is 1. The predicted molar refractivity (Wildman–Crippen MR) is 75.8 cm³/mol. The van der Waals surface area contributed by atoms with Crippen molar-refractivity contribution >= 4 is 16.0 Å². The van der Waals surface area contributed by atoms with Crippen LogP contribution in [0.2, 0.25) is 0 Å². The quantitative estimate of drug-likeness (QED) is 0.810. The molecule has 0 aliphatic carbocycles. The fourth-order valence-corrected chi connectivity index (χ4v) is 2.15. The number of sulfonamides is 1. The van der Waals surface area contributed by atoms with E-state index in [-0.39, 0.29) is 22.6 Å². The van der Waals surface area contributed by atoms with E-state index in [4.69, 9.17) is 9.88 Å². The second-order valence-electron chi connectivity index (χ2n) is 5.15. The molecule has 0 bridgehead atoms. The molecule has 1 aromatic rings. The van der Waals surface area contributed by atoms with E-state index in [9.17, 15) is 13.2 Å². The summed E-state index contributed by atoms with van der Waals surface area (Å²) >= 11 is 0. The zero-order valence-corrected chi connectivity index (χ0v) is 13.1. The molecule has 0 amide bonds. The maximum Gasteiger partial charge on any atom is 0.355 e. The highest BCUT2D eigenvalue weighted by Crippen LogP contribution is 2.17. The number of nitrogens with zero attached hydrogens (tertiary/aromatic N) is 1. The van der Waals surface area contributed by atoms with Crippen LogP contribution < -0.4 is 5.14 Å². The molecule has 1 atom stereocenters. The van der Waals surface area contributed by atoms with Gasteiger partial charge in [-0.2, -0.15) is 0 Å². The Morgan fingerprint density at radius 3 is 2.45 bits per heavy atom. The molecule has 1 aromatic heterocycles. The maximum absolute atomic E-state index is 12.1. The molecule has 0 saturated heterocycles. The zero-order chi connectivity index (χ0) is 15.5. The highest BCUT2D eigenvalue weighted by atomic mass is 32.2. The monoisotopic (exact) mass is 302 g/mol. The lowest BCUT2D eigenvalue weighted by Crippen LogP contribution is -2.22. The van der Waals surface area contributed by atoms with Gasteiger partial charge in [0.2, 0.25) is 10.0 Å². The van der Waals surface area contributed by atoms with Crippen LogP contribution in [0.25, 0.3) is 0 Å². The van der Waals surface area contributed by atoms with Crippen molar-refractivity contribution in [2.75, 3.05) is 0 Å². The van der Waals surface area contributed by atoms with E-state index in [1.807, 2.05) is 20.8 Å². The molecule has 0 aliphatic rings. The molecule has 0 aliphatic heterocycles. The van der Waals surface area contributed by atoms with Gasteiger partial charge in [-0.05, 0) is 25.3 Å². The van der Waals surface area contributed by atoms with Crippen LogP contribution in [0.15, 0.2) is 17.2 Å². The Balaban J connectivity index is 3.09. The molecule has 0 saturated carbocycles. The van der Waals surface area contributed by atoms with Gasteiger partial charge in [-0.25, -0.2) is 18.4 Å². The lowest BCUT2D eigenvalue weighted by molar-refractivity contribution is 0.0225. The molecule has 0 fully saturated rings. The van der Waals surface area contributed by atoms with Gasteiger partial charge in [-0.3, -0.25) is 0 Å². The molecule has 0 aromatic carbocycles. The minimum atomic E-state index is -3.83. The van der Waals surface area contributed by atoms with Crippen molar-refractivity contribution in [1.82, 2.24) is 4.57 Å². The van der Waals surface area contributed by atoms with Crippen LogP contribution in [0.4, 0.5) is 0 Å². The Labute approximate surface area is 120 Å². The van der Waals surface area contributed by atoms with E-state index in [1.54, 1.807) is 11.5 Å². The molecule has 0 spiro atoms. The van der Waals surface area contributed by atoms with E-state index in [0.717, 1.165) is 6.42 Å². The number of aryl methyl sites for hydroxylation is 1. The van der Waals surface area contributed by atoms with E-state index < -0.39 is 16.0 Å². The topological polar surface area (TPSA) is 91.4 Å². The summed E-state index contributed by atoms with van der Waals surface area (Å²) in [5.74, 6) is -0.346. The first-order chi connectivity index (χ1) is 9.16. The van der Waals surface area contributed by atoms with Gasteiger partial charge in [-0.15, -0.1) is 0 Å². The van der Waals surface area contributed by atoms with E-state index in [1.165, 1.54) is 12.3 Å². The summed E-state index contributed by atoms with van der Waals surface area (Å²) in [6.07, 6.45) is 1.89. The number of hydrogen-bond donors (Lipinski definition) is 1. The molecule has 1 rings (SSSR count). The smallest absolute Gasteiger partial charge is 0.355 e. The van der Waals surface area contributed by atoms with Gasteiger partial charge in [0.1, 0.15) is 16.7 Å². The number of aromatic nitrogens is 1. The SMILES string of the molecule is CCCn1cc(S(N)(=O)=O)cc1C(=O)OC(C)C(C)C. The molecule has 114 valence electrons. The molecule has 7 heteroatoms. The standard InChI is InChI=1S/C13H22N2O4S/c1-5-6-15-8-11(20(14,17)18)7-12(15)13(16)19-10(4)9(2)3/h7-10H,5-6H2,1-4H3,(H2,14,17,18). The summed E-state index contributed by atoms with van der Waals surface area (Å²) in [7, 11) is -3.83. The van der Waals surface area contributed by atoms with Gasteiger partial charge >= 0.3 is 5.97 Å². The van der Waals surface area contributed by atoms with Crippen LogP contribution in [-0.2, 0) is 21.3 Å². The molecule has 2 N–H and O–H groups in total. The largest absolute Gasteiger partial charge is 0.458 e. The summed E-state index contributed by atoms with van der Waals surface area (Å²) in [6.45, 7) is 8.15. The van der Waals surface area contributed by atoms with Crippen LogP contribution in [-0.4, -0.2) is 25.1 Å². The number of esters is 1. The van der Waals surface area contributed by atoms with Crippen LogP contribution >= 0.6 is 0 Å². The molecule has 1 heterocycles. The average Bonchev–Trinajstić information content (AvgIpc) is 2.73. The fourth-order valence-electron chi connectivity index (χ4n) is 1.60. The average molecular weight is 302 g/mol. The Kier molecular flexibility index (Phi) is 5.35.